The van der Waals surface area contributed by atoms with E-state index in [-0.39, 0.29) is 17.9 Å². The summed E-state index contributed by atoms with van der Waals surface area (Å²) in [6.45, 7) is 6.83. The normalized spacial score (nSPS) is 17.2. The number of hydrogen-bond donors (Lipinski definition) is 2. The molecule has 1 fully saturated rings. The van der Waals surface area contributed by atoms with Crippen LogP contribution in [-0.4, -0.2) is 52.0 Å². The Balaban J connectivity index is 1.54. The Morgan fingerprint density at radius 2 is 1.86 bits per heavy atom. The third-order valence-electron chi connectivity index (χ3n) is 5.24. The quantitative estimate of drug-likeness (QED) is 0.810. The van der Waals surface area contributed by atoms with Crippen LogP contribution < -0.4 is 11.1 Å². The van der Waals surface area contributed by atoms with Crippen molar-refractivity contribution >= 4 is 11.8 Å². The van der Waals surface area contributed by atoms with E-state index in [2.05, 4.69) is 15.5 Å². The molecule has 2 atom stereocenters. The average molecular weight is 385 g/mol. The summed E-state index contributed by atoms with van der Waals surface area (Å²) >= 11 is 0. The van der Waals surface area contributed by atoms with E-state index in [0.29, 0.717) is 36.3 Å². The zero-order valence-corrected chi connectivity index (χ0v) is 16.5. The van der Waals surface area contributed by atoms with Crippen LogP contribution in [0.2, 0.25) is 0 Å². The first kappa shape index (κ1) is 20.0. The van der Waals surface area contributed by atoms with Gasteiger partial charge in [0.15, 0.2) is 0 Å². The van der Waals surface area contributed by atoms with Gasteiger partial charge in [0.05, 0.1) is 6.04 Å². The smallest absolute Gasteiger partial charge is 0.251 e. The summed E-state index contributed by atoms with van der Waals surface area (Å²) in [6, 6.07) is 6.69. The molecular weight excluding hydrogens is 358 g/mol. The molecule has 2 aromatic rings. The number of piperidine rings is 1. The molecule has 2 heterocycles. The van der Waals surface area contributed by atoms with E-state index in [4.69, 9.17) is 10.3 Å². The molecule has 3 rings (SSSR count). The van der Waals surface area contributed by atoms with E-state index < -0.39 is 6.04 Å². The van der Waals surface area contributed by atoms with Crippen LogP contribution >= 0.6 is 0 Å². The minimum Gasteiger partial charge on any atom is -0.349 e. The number of nitrogens with zero attached hydrogens (tertiary/aromatic N) is 3. The zero-order valence-electron chi connectivity index (χ0n) is 16.5. The number of carbonyl (C=O) groups is 2. The van der Waals surface area contributed by atoms with E-state index in [1.807, 2.05) is 24.0 Å². The number of aromatic nitrogens is 2. The predicted molar refractivity (Wildman–Crippen MR) is 104 cm³/mol. The van der Waals surface area contributed by atoms with Crippen LogP contribution in [-0.2, 0) is 4.79 Å². The van der Waals surface area contributed by atoms with Crippen LogP contribution in [0.25, 0.3) is 11.4 Å². The number of benzene rings is 1. The largest absolute Gasteiger partial charge is 0.349 e. The number of nitrogens with one attached hydrogen (secondary N) is 1. The minimum absolute atomic E-state index is 0.00739. The fourth-order valence-electron chi connectivity index (χ4n) is 3.50. The first-order valence-electron chi connectivity index (χ1n) is 9.61. The molecule has 2 amide bonds. The lowest BCUT2D eigenvalue weighted by Gasteiger charge is -2.35. The average Bonchev–Trinajstić information content (AvgIpc) is 3.13. The van der Waals surface area contributed by atoms with Crippen molar-refractivity contribution in [3.05, 3.63) is 35.7 Å². The number of rotatable bonds is 5. The Morgan fingerprint density at radius 3 is 2.39 bits per heavy atom. The molecule has 0 spiro atoms. The molecule has 1 aromatic carbocycles. The Morgan fingerprint density at radius 1 is 1.21 bits per heavy atom. The fourth-order valence-corrected chi connectivity index (χ4v) is 3.50. The number of likely N-dealkylation sites (tertiary alicyclic amines) is 1. The molecule has 1 aliphatic heterocycles. The topological polar surface area (TPSA) is 114 Å². The summed E-state index contributed by atoms with van der Waals surface area (Å²) < 4.78 is 4.98. The highest BCUT2D eigenvalue weighted by molar-refractivity contribution is 5.94. The predicted octanol–water partition coefficient (Wildman–Crippen LogP) is 1.75. The Labute approximate surface area is 164 Å². The standard InChI is InChI=1S/C20H27N5O3/c1-12(21)20(27)25-10-8-15(9-11-25)13(2)22-19(26)17-6-4-16(5-7-17)18-23-14(3)28-24-18/h4-7,12-13,15H,8-11,21H2,1-3H3,(H,22,26)/t12-,13?/m0/s1. The van der Waals surface area contributed by atoms with Crippen molar-refractivity contribution in [2.45, 2.75) is 45.7 Å². The lowest BCUT2D eigenvalue weighted by Crippen LogP contribution is -2.49. The maximum absolute atomic E-state index is 12.6. The minimum atomic E-state index is -0.465. The molecule has 1 aromatic heterocycles. The van der Waals surface area contributed by atoms with Crippen LogP contribution in [0.4, 0.5) is 0 Å². The highest BCUT2D eigenvalue weighted by Crippen LogP contribution is 2.22. The molecular formula is C20H27N5O3. The van der Waals surface area contributed by atoms with Gasteiger partial charge in [-0.25, -0.2) is 0 Å². The lowest BCUT2D eigenvalue weighted by atomic mass is 9.90. The second-order valence-corrected chi connectivity index (χ2v) is 7.43. The third-order valence-corrected chi connectivity index (χ3v) is 5.24. The number of nitrogens with two attached hydrogens (primary N) is 1. The van der Waals surface area contributed by atoms with E-state index in [9.17, 15) is 9.59 Å². The van der Waals surface area contributed by atoms with Gasteiger partial charge >= 0.3 is 0 Å². The van der Waals surface area contributed by atoms with Crippen LogP contribution in [0.3, 0.4) is 0 Å². The first-order chi connectivity index (χ1) is 13.3. The van der Waals surface area contributed by atoms with Crippen molar-refractivity contribution in [1.29, 1.82) is 0 Å². The van der Waals surface area contributed by atoms with E-state index in [1.165, 1.54) is 0 Å². The molecule has 8 nitrogen and oxygen atoms in total. The number of amides is 2. The van der Waals surface area contributed by atoms with Crippen molar-refractivity contribution < 1.29 is 14.1 Å². The summed E-state index contributed by atoms with van der Waals surface area (Å²) in [5, 5.41) is 6.96. The number of aryl methyl sites for hydroxylation is 1. The second kappa shape index (κ2) is 8.52. The number of carbonyl (C=O) groups excluding carboxylic acids is 2. The van der Waals surface area contributed by atoms with Gasteiger partial charge in [-0.1, -0.05) is 17.3 Å². The Bertz CT molecular complexity index is 823. The van der Waals surface area contributed by atoms with Crippen LogP contribution in [0.15, 0.2) is 28.8 Å². The monoisotopic (exact) mass is 385 g/mol. The van der Waals surface area contributed by atoms with Crippen LogP contribution in [0, 0.1) is 12.8 Å². The van der Waals surface area contributed by atoms with E-state index in [1.54, 1.807) is 26.0 Å². The zero-order chi connectivity index (χ0) is 20.3. The summed E-state index contributed by atoms with van der Waals surface area (Å²) in [5.41, 5.74) is 7.06. The van der Waals surface area contributed by atoms with E-state index >= 15 is 0 Å². The van der Waals surface area contributed by atoms with Gasteiger partial charge in [0.25, 0.3) is 5.91 Å². The molecule has 3 N–H and O–H groups in total. The van der Waals surface area contributed by atoms with Gasteiger partial charge in [-0.3, -0.25) is 9.59 Å². The molecule has 150 valence electrons. The summed E-state index contributed by atoms with van der Waals surface area (Å²) in [6.07, 6.45) is 1.71. The summed E-state index contributed by atoms with van der Waals surface area (Å²) in [4.78, 5) is 30.5. The SMILES string of the molecule is Cc1nc(-c2ccc(C(=O)NC(C)C3CCN(C(=O)[C@H](C)N)CC3)cc2)no1. The summed E-state index contributed by atoms with van der Waals surface area (Å²) in [7, 11) is 0. The first-order valence-corrected chi connectivity index (χ1v) is 9.61. The Hall–Kier alpha value is -2.74. The highest BCUT2D eigenvalue weighted by Gasteiger charge is 2.28. The molecule has 0 saturated carbocycles. The maximum Gasteiger partial charge on any atom is 0.251 e. The Kier molecular flexibility index (Phi) is 6.08. The molecule has 0 aliphatic carbocycles. The van der Waals surface area contributed by atoms with Crippen LogP contribution in [0.5, 0.6) is 0 Å². The van der Waals surface area contributed by atoms with E-state index in [0.717, 1.165) is 18.4 Å². The van der Waals surface area contributed by atoms with Crippen molar-refractivity contribution in [2.24, 2.45) is 11.7 Å². The molecule has 28 heavy (non-hydrogen) atoms. The molecule has 1 unspecified atom stereocenters. The molecule has 1 saturated heterocycles. The highest BCUT2D eigenvalue weighted by atomic mass is 16.5. The molecule has 0 radical (unpaired) electrons. The van der Waals surface area contributed by atoms with Crippen molar-refractivity contribution in [3.8, 4) is 11.4 Å². The third kappa shape index (κ3) is 4.56. The van der Waals surface area contributed by atoms with Crippen molar-refractivity contribution in [1.82, 2.24) is 20.4 Å². The van der Waals surface area contributed by atoms with Gasteiger partial charge in [-0.05, 0) is 44.7 Å². The van der Waals surface area contributed by atoms with Crippen molar-refractivity contribution in [2.75, 3.05) is 13.1 Å². The van der Waals surface area contributed by atoms with Gasteiger partial charge in [-0.2, -0.15) is 4.98 Å². The van der Waals surface area contributed by atoms with Crippen molar-refractivity contribution in [3.63, 3.8) is 0 Å². The van der Waals surface area contributed by atoms with Crippen LogP contribution in [0.1, 0.15) is 42.9 Å². The van der Waals surface area contributed by atoms with Gasteiger partial charge in [-0.15, -0.1) is 0 Å². The number of hydrogen-bond acceptors (Lipinski definition) is 6. The second-order valence-electron chi connectivity index (χ2n) is 7.43. The maximum atomic E-state index is 12.6. The van der Waals surface area contributed by atoms with Gasteiger partial charge in [0.1, 0.15) is 0 Å². The van der Waals surface area contributed by atoms with Gasteiger partial charge in [0, 0.05) is 37.2 Å². The molecule has 0 bridgehead atoms. The molecule has 1 aliphatic rings. The molecule has 8 heteroatoms. The fraction of sp³-hybridized carbons (Fsp3) is 0.500. The van der Waals surface area contributed by atoms with Gasteiger partial charge < -0.3 is 20.5 Å². The van der Waals surface area contributed by atoms with Gasteiger partial charge in [0.2, 0.25) is 17.6 Å². The summed E-state index contributed by atoms with van der Waals surface area (Å²) in [5.74, 6) is 1.22. The lowest BCUT2D eigenvalue weighted by molar-refractivity contribution is -0.133.